The van der Waals surface area contributed by atoms with Gasteiger partial charge in [0, 0.05) is 12.5 Å². The van der Waals surface area contributed by atoms with Crippen molar-refractivity contribution in [3.8, 4) is 0 Å². The van der Waals surface area contributed by atoms with Crippen LogP contribution in [0.3, 0.4) is 0 Å². The van der Waals surface area contributed by atoms with Crippen molar-refractivity contribution in [2.24, 2.45) is 0 Å². The van der Waals surface area contributed by atoms with Crippen LogP contribution in [0.15, 0.2) is 10.6 Å². The lowest BCUT2D eigenvalue weighted by Gasteiger charge is -2.19. The van der Waals surface area contributed by atoms with E-state index in [0.717, 1.165) is 43.7 Å². The summed E-state index contributed by atoms with van der Waals surface area (Å²) < 4.78 is 5.25. The molecule has 1 fully saturated rings. The van der Waals surface area contributed by atoms with Gasteiger partial charge in [-0.2, -0.15) is 0 Å². The minimum Gasteiger partial charge on any atom is -0.480 e. The fourth-order valence-electron chi connectivity index (χ4n) is 2.37. The van der Waals surface area contributed by atoms with Gasteiger partial charge in [-0.05, 0) is 25.8 Å². The standard InChI is InChI=1S/C12H18N2O3/c1-2-4-9-7-10(13-17-9)11-5-3-6-14(11)8-12(15)16/h7,11H,2-6,8H2,1H3,(H,15,16)/t11-/m0/s1. The molecule has 0 saturated carbocycles. The molecular formula is C12H18N2O3. The molecule has 5 heteroatoms. The molecule has 1 aliphatic heterocycles. The predicted molar refractivity (Wildman–Crippen MR) is 61.7 cm³/mol. The van der Waals surface area contributed by atoms with Crippen LogP contribution in [0.4, 0.5) is 0 Å². The number of hydrogen-bond donors (Lipinski definition) is 1. The van der Waals surface area contributed by atoms with Crippen molar-refractivity contribution in [1.29, 1.82) is 0 Å². The van der Waals surface area contributed by atoms with Gasteiger partial charge in [-0.25, -0.2) is 0 Å². The molecule has 0 aliphatic carbocycles. The van der Waals surface area contributed by atoms with Crippen LogP contribution in [0.1, 0.15) is 43.7 Å². The van der Waals surface area contributed by atoms with Gasteiger partial charge >= 0.3 is 5.97 Å². The zero-order chi connectivity index (χ0) is 12.3. The van der Waals surface area contributed by atoms with Crippen molar-refractivity contribution >= 4 is 5.97 Å². The summed E-state index contributed by atoms with van der Waals surface area (Å²) in [4.78, 5) is 12.7. The van der Waals surface area contributed by atoms with Gasteiger partial charge in [0.2, 0.25) is 0 Å². The maximum atomic E-state index is 10.8. The van der Waals surface area contributed by atoms with Crippen LogP contribution in [0.25, 0.3) is 0 Å². The summed E-state index contributed by atoms with van der Waals surface area (Å²) in [5.41, 5.74) is 0.882. The molecule has 0 unspecified atom stereocenters. The van der Waals surface area contributed by atoms with Gasteiger partial charge in [-0.3, -0.25) is 9.69 Å². The Balaban J connectivity index is 2.06. The predicted octanol–water partition coefficient (Wildman–Crippen LogP) is 1.85. The third kappa shape index (κ3) is 2.85. The van der Waals surface area contributed by atoms with Gasteiger partial charge in [-0.1, -0.05) is 12.1 Å². The Kier molecular flexibility index (Phi) is 3.78. The summed E-state index contributed by atoms with van der Waals surface area (Å²) in [5.74, 6) is 0.110. The second kappa shape index (κ2) is 5.31. The number of carboxylic acids is 1. The van der Waals surface area contributed by atoms with Crippen LogP contribution >= 0.6 is 0 Å². The van der Waals surface area contributed by atoms with E-state index < -0.39 is 5.97 Å². The van der Waals surface area contributed by atoms with E-state index in [1.165, 1.54) is 0 Å². The number of aryl methyl sites for hydroxylation is 1. The number of hydrogen-bond acceptors (Lipinski definition) is 4. The average molecular weight is 238 g/mol. The van der Waals surface area contributed by atoms with Crippen molar-refractivity contribution in [3.05, 3.63) is 17.5 Å². The molecule has 0 aromatic carbocycles. The number of aromatic nitrogens is 1. The normalized spacial score (nSPS) is 20.9. The zero-order valence-corrected chi connectivity index (χ0v) is 10.1. The number of aliphatic carboxylic acids is 1. The lowest BCUT2D eigenvalue weighted by Crippen LogP contribution is -2.29. The highest BCUT2D eigenvalue weighted by molar-refractivity contribution is 5.69. The fraction of sp³-hybridized carbons (Fsp3) is 0.667. The largest absolute Gasteiger partial charge is 0.480 e. The first kappa shape index (κ1) is 12.1. The van der Waals surface area contributed by atoms with Gasteiger partial charge < -0.3 is 9.63 Å². The van der Waals surface area contributed by atoms with Gasteiger partial charge in [0.25, 0.3) is 0 Å². The van der Waals surface area contributed by atoms with E-state index in [4.69, 9.17) is 9.63 Å². The van der Waals surface area contributed by atoms with E-state index in [9.17, 15) is 4.79 Å². The molecule has 2 rings (SSSR count). The van der Waals surface area contributed by atoms with Crippen LogP contribution in [0.5, 0.6) is 0 Å². The quantitative estimate of drug-likeness (QED) is 0.848. The molecule has 2 heterocycles. The smallest absolute Gasteiger partial charge is 0.317 e. The third-order valence-electron chi connectivity index (χ3n) is 3.12. The Labute approximate surface area is 100 Å². The summed E-state index contributed by atoms with van der Waals surface area (Å²) in [6, 6.07) is 2.08. The molecule has 0 bridgehead atoms. The Morgan fingerprint density at radius 2 is 2.53 bits per heavy atom. The van der Waals surface area contributed by atoms with Crippen molar-refractivity contribution in [2.75, 3.05) is 13.1 Å². The SMILES string of the molecule is CCCc1cc([C@@H]2CCCN2CC(=O)O)no1. The Hall–Kier alpha value is -1.36. The van der Waals surface area contributed by atoms with Gasteiger partial charge in [-0.15, -0.1) is 0 Å². The molecule has 1 aliphatic rings. The Bertz CT molecular complexity index is 389. The molecule has 1 atom stereocenters. The molecule has 1 aromatic rings. The number of nitrogens with zero attached hydrogens (tertiary/aromatic N) is 2. The van der Waals surface area contributed by atoms with E-state index in [-0.39, 0.29) is 12.6 Å². The Morgan fingerprint density at radius 1 is 1.71 bits per heavy atom. The topological polar surface area (TPSA) is 66.6 Å². The maximum Gasteiger partial charge on any atom is 0.317 e. The van der Waals surface area contributed by atoms with Crippen molar-refractivity contribution in [2.45, 2.75) is 38.6 Å². The van der Waals surface area contributed by atoms with Crippen LogP contribution < -0.4 is 0 Å². The number of likely N-dealkylation sites (tertiary alicyclic amines) is 1. The molecule has 17 heavy (non-hydrogen) atoms. The van der Waals surface area contributed by atoms with Crippen LogP contribution in [-0.2, 0) is 11.2 Å². The molecule has 1 aromatic heterocycles. The minimum atomic E-state index is -0.783. The summed E-state index contributed by atoms with van der Waals surface area (Å²) in [6.45, 7) is 3.00. The molecule has 1 N–H and O–H groups in total. The molecule has 0 radical (unpaired) electrons. The van der Waals surface area contributed by atoms with Gasteiger partial charge in [0.05, 0.1) is 12.6 Å². The lowest BCUT2D eigenvalue weighted by molar-refractivity contribution is -0.138. The van der Waals surface area contributed by atoms with Crippen LogP contribution in [0, 0.1) is 0 Å². The number of rotatable bonds is 5. The average Bonchev–Trinajstić information content (AvgIpc) is 2.86. The van der Waals surface area contributed by atoms with Crippen LogP contribution in [-0.4, -0.2) is 34.2 Å². The third-order valence-corrected chi connectivity index (χ3v) is 3.12. The summed E-state index contributed by atoms with van der Waals surface area (Å²) in [5, 5.41) is 12.9. The highest BCUT2D eigenvalue weighted by Gasteiger charge is 2.29. The van der Waals surface area contributed by atoms with Crippen molar-refractivity contribution in [3.63, 3.8) is 0 Å². The van der Waals surface area contributed by atoms with E-state index in [0.29, 0.717) is 0 Å². The summed E-state index contributed by atoms with van der Waals surface area (Å²) in [6.07, 6.45) is 3.90. The molecule has 0 spiro atoms. The molecule has 5 nitrogen and oxygen atoms in total. The first-order valence-electron chi connectivity index (χ1n) is 6.12. The van der Waals surface area contributed by atoms with E-state index >= 15 is 0 Å². The minimum absolute atomic E-state index is 0.0840. The Morgan fingerprint density at radius 3 is 3.24 bits per heavy atom. The maximum absolute atomic E-state index is 10.8. The monoisotopic (exact) mass is 238 g/mol. The molecule has 1 saturated heterocycles. The van der Waals surface area contributed by atoms with Gasteiger partial charge in [0.15, 0.2) is 0 Å². The fourth-order valence-corrected chi connectivity index (χ4v) is 2.37. The van der Waals surface area contributed by atoms with E-state index in [2.05, 4.69) is 12.1 Å². The molecule has 0 amide bonds. The van der Waals surface area contributed by atoms with Crippen molar-refractivity contribution in [1.82, 2.24) is 10.1 Å². The number of carboxylic acid groups (broad SMARTS) is 1. The first-order valence-corrected chi connectivity index (χ1v) is 6.12. The molecule has 94 valence electrons. The highest BCUT2D eigenvalue weighted by Crippen LogP contribution is 2.31. The van der Waals surface area contributed by atoms with E-state index in [1.54, 1.807) is 0 Å². The highest BCUT2D eigenvalue weighted by atomic mass is 16.5. The van der Waals surface area contributed by atoms with Crippen molar-refractivity contribution < 1.29 is 14.4 Å². The summed E-state index contributed by atoms with van der Waals surface area (Å²) >= 11 is 0. The second-order valence-electron chi connectivity index (χ2n) is 4.49. The van der Waals surface area contributed by atoms with Crippen LogP contribution in [0.2, 0.25) is 0 Å². The summed E-state index contributed by atoms with van der Waals surface area (Å²) in [7, 11) is 0. The zero-order valence-electron chi connectivity index (χ0n) is 10.1. The first-order chi connectivity index (χ1) is 8.20. The second-order valence-corrected chi connectivity index (χ2v) is 4.49. The lowest BCUT2D eigenvalue weighted by atomic mass is 10.1. The number of carbonyl (C=O) groups is 1. The van der Waals surface area contributed by atoms with E-state index in [1.807, 2.05) is 11.0 Å². The molecular weight excluding hydrogens is 220 g/mol. The van der Waals surface area contributed by atoms with Gasteiger partial charge in [0.1, 0.15) is 11.5 Å².